The van der Waals surface area contributed by atoms with Gasteiger partial charge in [-0.2, -0.15) is 18.3 Å². The van der Waals surface area contributed by atoms with Crippen LogP contribution in [-0.4, -0.2) is 15.7 Å². The Balaban J connectivity index is 1.95. The Hall–Kier alpha value is -3.55. The number of anilines is 3. The first-order valence-corrected chi connectivity index (χ1v) is 8.28. The number of carbonyl (C=O) groups is 1. The highest BCUT2D eigenvalue weighted by Gasteiger charge is 2.29. The Morgan fingerprint density at radius 2 is 1.79 bits per heavy atom. The van der Waals surface area contributed by atoms with Crippen molar-refractivity contribution in [3.8, 4) is 11.3 Å². The predicted molar refractivity (Wildman–Crippen MR) is 102 cm³/mol. The van der Waals surface area contributed by atoms with E-state index >= 15 is 0 Å². The molecule has 3 aromatic rings. The Kier molecular flexibility index (Phi) is 5.21. The minimum Gasteiger partial charge on any atom is -0.355 e. The summed E-state index contributed by atoms with van der Waals surface area (Å²) < 4.78 is 39.9. The van der Waals surface area contributed by atoms with Crippen molar-refractivity contribution in [3.63, 3.8) is 0 Å². The largest absolute Gasteiger partial charge is 0.416 e. The third-order valence-electron chi connectivity index (χ3n) is 3.95. The molecule has 0 saturated carbocycles. The molecule has 0 saturated heterocycles. The number of alkyl halides is 3. The van der Waals surface area contributed by atoms with Gasteiger partial charge in [0.2, 0.25) is 5.91 Å². The number of amides is 1. The number of aryl methyl sites for hydroxylation is 1. The van der Waals surface area contributed by atoms with E-state index in [4.69, 9.17) is 0 Å². The van der Waals surface area contributed by atoms with Gasteiger partial charge in [-0.15, -0.1) is 0 Å². The molecular formula is C20H17F3N4O. The van der Waals surface area contributed by atoms with Crippen molar-refractivity contribution in [3.05, 3.63) is 72.9 Å². The first-order valence-electron chi connectivity index (χ1n) is 8.28. The summed E-state index contributed by atoms with van der Waals surface area (Å²) in [4.78, 5) is 11.6. The van der Waals surface area contributed by atoms with Gasteiger partial charge in [0.05, 0.1) is 11.3 Å². The molecule has 1 heterocycles. The molecule has 28 heavy (non-hydrogen) atoms. The fourth-order valence-electron chi connectivity index (χ4n) is 2.59. The van der Waals surface area contributed by atoms with Gasteiger partial charge >= 0.3 is 6.18 Å². The van der Waals surface area contributed by atoms with Crippen LogP contribution in [0.3, 0.4) is 0 Å². The molecule has 0 atom stereocenters. The van der Waals surface area contributed by atoms with Gasteiger partial charge in [0.15, 0.2) is 0 Å². The SMILES string of the molecule is C=CC(=O)Nc1ccc(Nc2ccc(C(F)(F)F)cc2)c(-c2ccn(C)n2)c1. The van der Waals surface area contributed by atoms with E-state index in [1.165, 1.54) is 12.1 Å². The van der Waals surface area contributed by atoms with Crippen molar-refractivity contribution in [2.24, 2.45) is 7.05 Å². The first-order chi connectivity index (χ1) is 13.3. The van der Waals surface area contributed by atoms with Gasteiger partial charge in [-0.05, 0) is 54.6 Å². The third kappa shape index (κ3) is 4.40. The van der Waals surface area contributed by atoms with Crippen LogP contribution in [0.2, 0.25) is 0 Å². The lowest BCUT2D eigenvalue weighted by Crippen LogP contribution is -2.07. The van der Waals surface area contributed by atoms with E-state index in [1.807, 2.05) is 0 Å². The second-order valence-electron chi connectivity index (χ2n) is 6.03. The highest BCUT2D eigenvalue weighted by atomic mass is 19.4. The second-order valence-corrected chi connectivity index (χ2v) is 6.03. The summed E-state index contributed by atoms with van der Waals surface area (Å²) in [6, 6.07) is 11.7. The van der Waals surface area contributed by atoms with Crippen LogP contribution in [0.1, 0.15) is 5.56 Å². The molecule has 0 aliphatic carbocycles. The molecule has 2 aromatic carbocycles. The molecule has 0 unspecified atom stereocenters. The standard InChI is InChI=1S/C20H17F3N4O/c1-3-19(28)25-15-8-9-17(16(12-15)18-10-11-27(2)26-18)24-14-6-4-13(5-7-14)20(21,22)23/h3-12,24H,1H2,2H3,(H,25,28). The van der Waals surface area contributed by atoms with Gasteiger partial charge in [0.25, 0.3) is 0 Å². The highest BCUT2D eigenvalue weighted by Crippen LogP contribution is 2.34. The average Bonchev–Trinajstić information content (AvgIpc) is 3.08. The molecule has 1 aromatic heterocycles. The zero-order valence-electron chi connectivity index (χ0n) is 14.9. The van der Waals surface area contributed by atoms with Crippen molar-refractivity contribution < 1.29 is 18.0 Å². The van der Waals surface area contributed by atoms with E-state index < -0.39 is 11.7 Å². The van der Waals surface area contributed by atoms with E-state index in [-0.39, 0.29) is 5.91 Å². The number of benzene rings is 2. The molecule has 8 heteroatoms. The lowest BCUT2D eigenvalue weighted by Gasteiger charge is -2.14. The van der Waals surface area contributed by atoms with Crippen molar-refractivity contribution in [2.45, 2.75) is 6.18 Å². The zero-order valence-corrected chi connectivity index (χ0v) is 14.9. The first kappa shape index (κ1) is 19.2. The summed E-state index contributed by atoms with van der Waals surface area (Å²) in [5.41, 5.74) is 2.28. The maximum atomic E-state index is 12.7. The summed E-state index contributed by atoms with van der Waals surface area (Å²) in [5, 5.41) is 10.1. The van der Waals surface area contributed by atoms with Crippen LogP contribution in [0, 0.1) is 0 Å². The van der Waals surface area contributed by atoms with Crippen LogP contribution in [0.5, 0.6) is 0 Å². The molecule has 2 N–H and O–H groups in total. The molecule has 0 aliphatic rings. The molecule has 0 radical (unpaired) electrons. The summed E-state index contributed by atoms with van der Waals surface area (Å²) >= 11 is 0. The van der Waals surface area contributed by atoms with Crippen LogP contribution in [0.15, 0.2) is 67.4 Å². The van der Waals surface area contributed by atoms with E-state index in [0.717, 1.165) is 18.2 Å². The smallest absolute Gasteiger partial charge is 0.355 e. The predicted octanol–water partition coefficient (Wildman–Crippen LogP) is 4.97. The lowest BCUT2D eigenvalue weighted by molar-refractivity contribution is -0.137. The molecule has 3 rings (SSSR count). The maximum absolute atomic E-state index is 12.7. The minimum atomic E-state index is -4.39. The number of hydrogen-bond acceptors (Lipinski definition) is 3. The number of halogens is 3. The van der Waals surface area contributed by atoms with Crippen LogP contribution in [0.25, 0.3) is 11.3 Å². The van der Waals surface area contributed by atoms with Gasteiger partial charge in [0.1, 0.15) is 0 Å². The molecule has 5 nitrogen and oxygen atoms in total. The summed E-state index contributed by atoms with van der Waals surface area (Å²) in [7, 11) is 1.77. The average molecular weight is 386 g/mol. The van der Waals surface area contributed by atoms with Crippen molar-refractivity contribution in [1.29, 1.82) is 0 Å². The molecule has 144 valence electrons. The summed E-state index contributed by atoms with van der Waals surface area (Å²) in [5.74, 6) is -0.351. The van der Waals surface area contributed by atoms with Crippen molar-refractivity contribution in [1.82, 2.24) is 9.78 Å². The normalized spacial score (nSPS) is 11.1. The minimum absolute atomic E-state index is 0.351. The highest BCUT2D eigenvalue weighted by molar-refractivity contribution is 5.99. The van der Waals surface area contributed by atoms with E-state index in [9.17, 15) is 18.0 Å². The van der Waals surface area contributed by atoms with Crippen LogP contribution in [0.4, 0.5) is 30.2 Å². The van der Waals surface area contributed by atoms with Gasteiger partial charge in [0, 0.05) is 35.9 Å². The van der Waals surface area contributed by atoms with Gasteiger partial charge in [-0.1, -0.05) is 6.58 Å². The summed E-state index contributed by atoms with van der Waals surface area (Å²) in [6.45, 7) is 3.42. The second kappa shape index (κ2) is 7.59. The Morgan fingerprint density at radius 1 is 1.11 bits per heavy atom. The van der Waals surface area contributed by atoms with Crippen LogP contribution >= 0.6 is 0 Å². The fourth-order valence-corrected chi connectivity index (χ4v) is 2.59. The molecule has 0 spiro atoms. The monoisotopic (exact) mass is 386 g/mol. The van der Waals surface area contributed by atoms with Crippen molar-refractivity contribution >= 4 is 23.0 Å². The topological polar surface area (TPSA) is 59.0 Å². The Labute approximate surface area is 159 Å². The Morgan fingerprint density at radius 3 is 2.36 bits per heavy atom. The third-order valence-corrected chi connectivity index (χ3v) is 3.95. The van der Waals surface area contributed by atoms with Crippen LogP contribution in [-0.2, 0) is 18.0 Å². The number of rotatable bonds is 5. The van der Waals surface area contributed by atoms with Gasteiger partial charge in [-0.25, -0.2) is 0 Å². The van der Waals surface area contributed by atoms with Crippen molar-refractivity contribution in [2.75, 3.05) is 10.6 Å². The van der Waals surface area contributed by atoms with Gasteiger partial charge in [-0.3, -0.25) is 9.48 Å². The number of hydrogen-bond donors (Lipinski definition) is 2. The van der Waals surface area contributed by atoms with Gasteiger partial charge < -0.3 is 10.6 Å². The Bertz CT molecular complexity index is 1010. The lowest BCUT2D eigenvalue weighted by atomic mass is 10.1. The molecular weight excluding hydrogens is 369 g/mol. The number of carbonyl (C=O) groups excluding carboxylic acids is 1. The molecule has 0 bridgehead atoms. The number of nitrogens with zero attached hydrogens (tertiary/aromatic N) is 2. The summed E-state index contributed by atoms with van der Waals surface area (Å²) in [6.07, 6.45) is -1.45. The van der Waals surface area contributed by atoms with Crippen LogP contribution < -0.4 is 10.6 Å². The number of nitrogens with one attached hydrogen (secondary N) is 2. The fraction of sp³-hybridized carbons (Fsp3) is 0.100. The molecule has 0 aliphatic heterocycles. The van der Waals surface area contributed by atoms with E-state index in [1.54, 1.807) is 42.2 Å². The number of aromatic nitrogens is 2. The quantitative estimate of drug-likeness (QED) is 0.609. The van der Waals surface area contributed by atoms with E-state index in [2.05, 4.69) is 22.3 Å². The zero-order chi connectivity index (χ0) is 20.3. The molecule has 0 fully saturated rings. The molecule has 1 amide bonds. The maximum Gasteiger partial charge on any atom is 0.416 e. The van der Waals surface area contributed by atoms with E-state index in [0.29, 0.717) is 28.3 Å².